The van der Waals surface area contributed by atoms with Crippen molar-refractivity contribution in [2.24, 2.45) is 0 Å². The van der Waals surface area contributed by atoms with Crippen LogP contribution >= 0.6 is 0 Å². The zero-order chi connectivity index (χ0) is 12.7. The van der Waals surface area contributed by atoms with Crippen LogP contribution in [0.5, 0.6) is 0 Å². The molecule has 0 aliphatic rings. The van der Waals surface area contributed by atoms with Crippen LogP contribution in [0.2, 0.25) is 0 Å². The molecule has 0 spiro atoms. The molecule has 0 radical (unpaired) electrons. The molecule has 1 aromatic rings. The molecule has 0 aliphatic heterocycles. The molecular formula is C15H17NO. The highest BCUT2D eigenvalue weighted by Crippen LogP contribution is 2.22. The molecule has 1 amide bonds. The Balaban J connectivity index is 2.90. The van der Waals surface area contributed by atoms with Crippen molar-refractivity contribution in [3.63, 3.8) is 0 Å². The number of terminal acetylenes is 1. The number of amides is 1. The van der Waals surface area contributed by atoms with E-state index in [0.717, 1.165) is 5.56 Å². The van der Waals surface area contributed by atoms with E-state index in [4.69, 9.17) is 6.42 Å². The Morgan fingerprint density at radius 3 is 2.71 bits per heavy atom. The largest absolute Gasteiger partial charge is 0.334 e. The number of carbonyl (C=O) groups is 1. The highest BCUT2D eigenvalue weighted by atomic mass is 16.2. The van der Waals surface area contributed by atoms with Gasteiger partial charge < -0.3 is 4.90 Å². The van der Waals surface area contributed by atoms with Gasteiger partial charge in [0.2, 0.25) is 5.91 Å². The lowest BCUT2D eigenvalue weighted by Gasteiger charge is -2.21. The summed E-state index contributed by atoms with van der Waals surface area (Å²) >= 11 is 0. The summed E-state index contributed by atoms with van der Waals surface area (Å²) in [5, 5.41) is 0. The van der Waals surface area contributed by atoms with Gasteiger partial charge in [-0.1, -0.05) is 42.3 Å². The number of benzene rings is 1. The van der Waals surface area contributed by atoms with Crippen molar-refractivity contribution in [1.29, 1.82) is 0 Å². The average Bonchev–Trinajstić information content (AvgIpc) is 2.36. The summed E-state index contributed by atoms with van der Waals surface area (Å²) in [5.41, 5.74) is 1.00. The average molecular weight is 227 g/mol. The molecule has 0 saturated carbocycles. The predicted octanol–water partition coefficient (Wildman–Crippen LogP) is 2.44. The van der Waals surface area contributed by atoms with Crippen molar-refractivity contribution in [2.45, 2.75) is 12.3 Å². The molecular weight excluding hydrogens is 210 g/mol. The first-order valence-corrected chi connectivity index (χ1v) is 5.55. The summed E-state index contributed by atoms with van der Waals surface area (Å²) in [5.74, 6) is 2.32. The fraction of sp³-hybridized carbons (Fsp3) is 0.267. The van der Waals surface area contributed by atoms with E-state index in [9.17, 15) is 4.79 Å². The van der Waals surface area contributed by atoms with E-state index in [1.54, 1.807) is 18.0 Å². The Morgan fingerprint density at radius 2 is 2.18 bits per heavy atom. The van der Waals surface area contributed by atoms with E-state index >= 15 is 0 Å². The molecule has 17 heavy (non-hydrogen) atoms. The van der Waals surface area contributed by atoms with Crippen molar-refractivity contribution in [3.8, 4) is 12.3 Å². The number of carbonyl (C=O) groups excluding carboxylic acids is 1. The minimum atomic E-state index is -0.188. The SMILES string of the molecule is C#CCN(C)C(=O)[C@@H](CC=C)c1ccccc1. The monoisotopic (exact) mass is 227 g/mol. The van der Waals surface area contributed by atoms with Crippen molar-refractivity contribution >= 4 is 5.91 Å². The zero-order valence-corrected chi connectivity index (χ0v) is 10.1. The van der Waals surface area contributed by atoms with Crippen molar-refractivity contribution < 1.29 is 4.79 Å². The lowest BCUT2D eigenvalue weighted by molar-refractivity contribution is -0.130. The van der Waals surface area contributed by atoms with Gasteiger partial charge in [0.15, 0.2) is 0 Å². The van der Waals surface area contributed by atoms with Gasteiger partial charge in [-0.25, -0.2) is 0 Å². The van der Waals surface area contributed by atoms with Crippen LogP contribution in [-0.2, 0) is 4.79 Å². The molecule has 2 heteroatoms. The fourth-order valence-corrected chi connectivity index (χ4v) is 1.71. The van der Waals surface area contributed by atoms with Crippen molar-refractivity contribution in [3.05, 3.63) is 48.6 Å². The Morgan fingerprint density at radius 1 is 1.53 bits per heavy atom. The van der Waals surface area contributed by atoms with Crippen LogP contribution in [0, 0.1) is 12.3 Å². The molecule has 0 N–H and O–H groups in total. The second kappa shape index (κ2) is 6.55. The molecule has 0 aromatic heterocycles. The number of hydrogen-bond acceptors (Lipinski definition) is 1. The summed E-state index contributed by atoms with van der Waals surface area (Å²) in [7, 11) is 1.72. The molecule has 0 aliphatic carbocycles. The normalized spacial score (nSPS) is 11.3. The summed E-state index contributed by atoms with van der Waals surface area (Å²) in [4.78, 5) is 13.8. The van der Waals surface area contributed by atoms with Crippen molar-refractivity contribution in [1.82, 2.24) is 4.90 Å². The van der Waals surface area contributed by atoms with Gasteiger partial charge in [0.25, 0.3) is 0 Å². The Bertz CT molecular complexity index is 416. The fourth-order valence-electron chi connectivity index (χ4n) is 1.71. The van der Waals surface area contributed by atoms with Crippen LogP contribution in [-0.4, -0.2) is 24.4 Å². The summed E-state index contributed by atoms with van der Waals surface area (Å²) in [6.45, 7) is 4.04. The van der Waals surface area contributed by atoms with Gasteiger partial charge in [0.1, 0.15) is 0 Å². The maximum absolute atomic E-state index is 12.2. The van der Waals surface area contributed by atoms with Crippen LogP contribution < -0.4 is 0 Å². The first-order chi connectivity index (χ1) is 8.20. The van der Waals surface area contributed by atoms with E-state index in [1.807, 2.05) is 30.3 Å². The Labute approximate surface area is 103 Å². The highest BCUT2D eigenvalue weighted by Gasteiger charge is 2.21. The number of rotatable bonds is 5. The molecule has 1 aromatic carbocycles. The number of hydrogen-bond donors (Lipinski definition) is 0. The summed E-state index contributed by atoms with van der Waals surface area (Å²) in [6, 6.07) is 9.70. The molecule has 0 heterocycles. The first kappa shape index (κ1) is 13.1. The molecule has 2 nitrogen and oxygen atoms in total. The number of allylic oxidation sites excluding steroid dienone is 1. The molecule has 0 fully saturated rings. The minimum Gasteiger partial charge on any atom is -0.334 e. The smallest absolute Gasteiger partial charge is 0.230 e. The molecule has 0 bridgehead atoms. The van der Waals surface area contributed by atoms with E-state index < -0.39 is 0 Å². The molecule has 1 atom stereocenters. The quantitative estimate of drug-likeness (QED) is 0.559. The molecule has 88 valence electrons. The second-order valence-electron chi connectivity index (χ2n) is 3.89. The third kappa shape index (κ3) is 3.49. The lowest BCUT2D eigenvalue weighted by Crippen LogP contribution is -2.31. The maximum atomic E-state index is 12.2. The number of nitrogens with zero attached hydrogens (tertiary/aromatic N) is 1. The first-order valence-electron chi connectivity index (χ1n) is 5.55. The van der Waals surface area contributed by atoms with Crippen LogP contribution in [0.25, 0.3) is 0 Å². The lowest BCUT2D eigenvalue weighted by atomic mass is 9.94. The third-order valence-corrected chi connectivity index (χ3v) is 2.61. The van der Waals surface area contributed by atoms with Gasteiger partial charge in [-0.3, -0.25) is 4.79 Å². The minimum absolute atomic E-state index is 0.0362. The van der Waals surface area contributed by atoms with Crippen LogP contribution in [0.4, 0.5) is 0 Å². The maximum Gasteiger partial charge on any atom is 0.230 e. The van der Waals surface area contributed by atoms with Crippen molar-refractivity contribution in [2.75, 3.05) is 13.6 Å². The number of likely N-dealkylation sites (N-methyl/N-ethyl adjacent to an activating group) is 1. The third-order valence-electron chi connectivity index (χ3n) is 2.61. The van der Waals surface area contributed by atoms with Gasteiger partial charge in [0, 0.05) is 7.05 Å². The molecule has 0 unspecified atom stereocenters. The van der Waals surface area contributed by atoms with Gasteiger partial charge in [-0.15, -0.1) is 13.0 Å². The second-order valence-corrected chi connectivity index (χ2v) is 3.89. The topological polar surface area (TPSA) is 20.3 Å². The zero-order valence-electron chi connectivity index (χ0n) is 10.1. The van der Waals surface area contributed by atoms with E-state index in [0.29, 0.717) is 13.0 Å². The predicted molar refractivity (Wildman–Crippen MR) is 70.5 cm³/mol. The summed E-state index contributed by atoms with van der Waals surface area (Å²) in [6.07, 6.45) is 7.60. The van der Waals surface area contributed by atoms with Gasteiger partial charge in [-0.05, 0) is 12.0 Å². The van der Waals surface area contributed by atoms with Gasteiger partial charge in [0.05, 0.1) is 12.5 Å². The Hall–Kier alpha value is -2.01. The van der Waals surface area contributed by atoms with Gasteiger partial charge in [-0.2, -0.15) is 0 Å². The van der Waals surface area contributed by atoms with Crippen LogP contribution in [0.3, 0.4) is 0 Å². The highest BCUT2D eigenvalue weighted by molar-refractivity contribution is 5.83. The van der Waals surface area contributed by atoms with Gasteiger partial charge >= 0.3 is 0 Å². The van der Waals surface area contributed by atoms with Crippen LogP contribution in [0.15, 0.2) is 43.0 Å². The molecule has 0 saturated heterocycles. The Kier molecular flexibility index (Phi) is 5.03. The summed E-state index contributed by atoms with van der Waals surface area (Å²) < 4.78 is 0. The van der Waals surface area contributed by atoms with Crippen LogP contribution in [0.1, 0.15) is 17.9 Å². The van der Waals surface area contributed by atoms with E-state index in [2.05, 4.69) is 12.5 Å². The molecule has 1 rings (SSSR count). The van der Waals surface area contributed by atoms with E-state index in [-0.39, 0.29) is 11.8 Å². The standard InChI is InChI=1S/C15H17NO/c1-4-9-14(13-10-7-6-8-11-13)15(17)16(3)12-5-2/h2,4,6-8,10-11,14H,1,9,12H2,3H3/t14-/m0/s1. The van der Waals surface area contributed by atoms with E-state index in [1.165, 1.54) is 0 Å².